The van der Waals surface area contributed by atoms with Gasteiger partial charge >= 0.3 is 6.03 Å². The monoisotopic (exact) mass is 692 g/mol. The summed E-state index contributed by atoms with van der Waals surface area (Å²) in [7, 11) is -4.06. The summed E-state index contributed by atoms with van der Waals surface area (Å²) in [5, 5.41) is 26.6. The first-order valence-corrected chi connectivity index (χ1v) is 17.9. The first-order chi connectivity index (χ1) is 23.3. The molecule has 0 aromatic heterocycles. The van der Waals surface area contributed by atoms with E-state index in [4.69, 9.17) is 10.9 Å². The second-order valence-corrected chi connectivity index (χ2v) is 15.2. The number of aliphatic hydroxyl groups is 1. The fraction of sp³-hybridized carbons (Fsp3) is 0.417. The van der Waals surface area contributed by atoms with Crippen molar-refractivity contribution in [2.24, 2.45) is 17.0 Å². The van der Waals surface area contributed by atoms with Gasteiger partial charge in [0.2, 0.25) is 15.9 Å². The molecule has 3 amide bonds. The maximum absolute atomic E-state index is 14.1. The third-order valence-electron chi connectivity index (χ3n) is 8.46. The zero-order valence-electron chi connectivity index (χ0n) is 28.5. The van der Waals surface area contributed by atoms with Crippen LogP contribution in [0.15, 0.2) is 88.9 Å². The average Bonchev–Trinajstić information content (AvgIpc) is 3.39. The zero-order valence-corrected chi connectivity index (χ0v) is 29.3. The van der Waals surface area contributed by atoms with E-state index in [1.165, 1.54) is 34.8 Å². The number of carbonyl (C=O) groups excluding carboxylic acids is 2. The highest BCUT2D eigenvalue weighted by Gasteiger charge is 2.40. The summed E-state index contributed by atoms with van der Waals surface area (Å²) in [6.45, 7) is 8.52. The number of amides is 3. The molecule has 1 fully saturated rings. The minimum Gasteiger partial charge on any atom is -0.411 e. The molecule has 3 atom stereocenters. The average molecular weight is 693 g/mol. The van der Waals surface area contributed by atoms with Crippen molar-refractivity contribution in [2.45, 2.75) is 63.7 Å². The Morgan fingerprint density at radius 2 is 1.65 bits per heavy atom. The number of aliphatic hydroxyl groups excluding tert-OH is 1. The van der Waals surface area contributed by atoms with Gasteiger partial charge in [-0.1, -0.05) is 87.4 Å². The van der Waals surface area contributed by atoms with Crippen LogP contribution in [0.3, 0.4) is 0 Å². The van der Waals surface area contributed by atoms with Gasteiger partial charge in [-0.25, -0.2) is 13.2 Å². The van der Waals surface area contributed by atoms with Gasteiger partial charge in [0.05, 0.1) is 23.3 Å². The number of rotatable bonds is 16. The van der Waals surface area contributed by atoms with Crippen LogP contribution < -0.4 is 11.1 Å². The van der Waals surface area contributed by atoms with Gasteiger partial charge in [0, 0.05) is 38.4 Å². The molecule has 1 heterocycles. The Balaban J connectivity index is 1.57. The van der Waals surface area contributed by atoms with Crippen molar-refractivity contribution in [3.8, 4) is 0 Å². The second-order valence-electron chi connectivity index (χ2n) is 13.2. The van der Waals surface area contributed by atoms with Gasteiger partial charge in [0.1, 0.15) is 6.04 Å². The van der Waals surface area contributed by atoms with Crippen LogP contribution in [0.2, 0.25) is 0 Å². The fourth-order valence-corrected chi connectivity index (χ4v) is 7.72. The number of hydrogen-bond acceptors (Lipinski definition) is 8. The third-order valence-corrected chi connectivity index (χ3v) is 10.3. The Hall–Kier alpha value is -4.46. The fourth-order valence-electron chi connectivity index (χ4n) is 6.10. The standard InChI is InChI=1S/C36H48N6O6S/c1-25(2)22-41(49(47,48)31-15-13-28(14-16-31)21-38-46)24-33(43)32(20-27-9-6-5-7-10-27)39-35(44)34(26(3)4)42-18-17-40(36(42)45)23-29-11-8-12-30(37)19-29/h5-16,19,21,25-26,32-34,43,46H,17-18,20,22-24,37H2,1-4H3,(H,39,44)/b38-21+/t32-,33+,34-/m0/s1. The van der Waals surface area contributed by atoms with Crippen molar-refractivity contribution in [2.75, 3.05) is 31.9 Å². The van der Waals surface area contributed by atoms with E-state index in [1.54, 1.807) is 15.9 Å². The number of nitrogen functional groups attached to an aromatic ring is 1. The SMILES string of the molecule is CC(C)CN(C[C@@H](O)[C@H](Cc1ccccc1)NC(=O)[C@H](C(C)C)N1CCN(Cc2cccc(N)c2)C1=O)S(=O)(=O)c1ccc(/C=N/O)cc1. The van der Waals surface area contributed by atoms with Crippen molar-refractivity contribution < 1.29 is 28.3 Å². The Bertz CT molecular complexity index is 1680. The van der Waals surface area contributed by atoms with Crippen molar-refractivity contribution in [3.63, 3.8) is 0 Å². The number of carbonyl (C=O) groups is 2. The van der Waals surface area contributed by atoms with Crippen molar-refractivity contribution >= 4 is 33.9 Å². The van der Waals surface area contributed by atoms with E-state index in [1.807, 2.05) is 76.2 Å². The molecule has 3 aromatic carbocycles. The predicted molar refractivity (Wildman–Crippen MR) is 189 cm³/mol. The van der Waals surface area contributed by atoms with Crippen LogP contribution in [0.4, 0.5) is 10.5 Å². The smallest absolute Gasteiger partial charge is 0.321 e. The Morgan fingerprint density at radius 3 is 2.27 bits per heavy atom. The topological polar surface area (TPSA) is 169 Å². The van der Waals surface area contributed by atoms with Crippen LogP contribution in [0, 0.1) is 11.8 Å². The number of urea groups is 1. The van der Waals surface area contributed by atoms with E-state index in [-0.39, 0.29) is 42.3 Å². The zero-order chi connectivity index (χ0) is 35.7. The van der Waals surface area contributed by atoms with Gasteiger partial charge in [-0.2, -0.15) is 4.31 Å². The summed E-state index contributed by atoms with van der Waals surface area (Å²) >= 11 is 0. The first kappa shape index (κ1) is 37.4. The molecule has 0 spiro atoms. The summed E-state index contributed by atoms with van der Waals surface area (Å²) in [4.78, 5) is 31.0. The molecule has 0 aliphatic carbocycles. The molecule has 1 aliphatic heterocycles. The van der Waals surface area contributed by atoms with Gasteiger partial charge in [0.25, 0.3) is 0 Å². The molecule has 1 saturated heterocycles. The number of oxime groups is 1. The summed E-state index contributed by atoms with van der Waals surface area (Å²) in [6, 6.07) is 20.6. The summed E-state index contributed by atoms with van der Waals surface area (Å²) < 4.78 is 28.9. The van der Waals surface area contributed by atoms with Crippen molar-refractivity contribution in [1.82, 2.24) is 19.4 Å². The van der Waals surface area contributed by atoms with Crippen LogP contribution in [-0.4, -0.2) is 95.4 Å². The predicted octanol–water partition coefficient (Wildman–Crippen LogP) is 3.77. The maximum Gasteiger partial charge on any atom is 0.321 e. The van der Waals surface area contributed by atoms with E-state index in [9.17, 15) is 23.1 Å². The molecule has 13 heteroatoms. The van der Waals surface area contributed by atoms with E-state index in [0.717, 1.165) is 11.1 Å². The van der Waals surface area contributed by atoms with Gasteiger partial charge < -0.3 is 31.2 Å². The Morgan fingerprint density at radius 1 is 0.980 bits per heavy atom. The molecule has 4 rings (SSSR count). The Labute approximate surface area is 289 Å². The van der Waals surface area contributed by atoms with Crippen LogP contribution in [0.25, 0.3) is 0 Å². The van der Waals surface area contributed by atoms with E-state index in [2.05, 4.69) is 10.5 Å². The van der Waals surface area contributed by atoms with Crippen LogP contribution >= 0.6 is 0 Å². The van der Waals surface area contributed by atoms with Gasteiger partial charge in [-0.3, -0.25) is 4.79 Å². The number of nitrogens with zero attached hydrogens (tertiary/aromatic N) is 4. The summed E-state index contributed by atoms with van der Waals surface area (Å²) in [5.74, 6) is -0.734. The molecule has 1 aliphatic rings. The second kappa shape index (κ2) is 16.8. The molecule has 0 bridgehead atoms. The molecular weight excluding hydrogens is 644 g/mol. The number of nitrogens with one attached hydrogen (secondary N) is 1. The van der Waals surface area contributed by atoms with Crippen LogP contribution in [0.5, 0.6) is 0 Å². The van der Waals surface area contributed by atoms with Crippen molar-refractivity contribution in [3.05, 3.63) is 95.6 Å². The largest absolute Gasteiger partial charge is 0.411 e. The molecule has 12 nitrogen and oxygen atoms in total. The molecule has 0 saturated carbocycles. The highest BCUT2D eigenvalue weighted by Crippen LogP contribution is 2.23. The maximum atomic E-state index is 14.1. The van der Waals surface area contributed by atoms with Gasteiger partial charge in [0.15, 0.2) is 0 Å². The van der Waals surface area contributed by atoms with E-state index < -0.39 is 34.1 Å². The summed E-state index contributed by atoms with van der Waals surface area (Å²) in [5.41, 5.74) is 8.80. The molecule has 0 radical (unpaired) electrons. The lowest BCUT2D eigenvalue weighted by Gasteiger charge is -2.34. The third kappa shape index (κ3) is 9.80. The lowest BCUT2D eigenvalue weighted by atomic mass is 9.97. The molecular formula is C36H48N6O6S. The molecule has 264 valence electrons. The number of nitrogens with two attached hydrogens (primary N) is 1. The number of hydrogen-bond donors (Lipinski definition) is 4. The van der Waals surface area contributed by atoms with E-state index >= 15 is 0 Å². The highest BCUT2D eigenvalue weighted by atomic mass is 32.2. The quantitative estimate of drug-likeness (QED) is 0.0767. The van der Waals surface area contributed by atoms with Gasteiger partial charge in [-0.15, -0.1) is 0 Å². The lowest BCUT2D eigenvalue weighted by molar-refractivity contribution is -0.128. The molecule has 5 N–H and O–H groups in total. The number of sulfonamides is 1. The minimum atomic E-state index is -4.06. The van der Waals surface area contributed by atoms with Crippen molar-refractivity contribution in [1.29, 1.82) is 0 Å². The highest BCUT2D eigenvalue weighted by molar-refractivity contribution is 7.89. The molecule has 0 unspecified atom stereocenters. The first-order valence-electron chi connectivity index (χ1n) is 16.5. The molecule has 49 heavy (non-hydrogen) atoms. The summed E-state index contributed by atoms with van der Waals surface area (Å²) in [6.07, 6.45) is 0.138. The normalized spacial score (nSPS) is 15.8. The Kier molecular flexibility index (Phi) is 12.8. The van der Waals surface area contributed by atoms with Gasteiger partial charge in [-0.05, 0) is 59.2 Å². The van der Waals surface area contributed by atoms with Crippen LogP contribution in [-0.2, 0) is 27.8 Å². The lowest BCUT2D eigenvalue weighted by Crippen LogP contribution is -2.57. The number of benzene rings is 3. The van der Waals surface area contributed by atoms with E-state index in [0.29, 0.717) is 30.9 Å². The minimum absolute atomic E-state index is 0.0224. The van der Waals surface area contributed by atoms with Crippen LogP contribution in [0.1, 0.15) is 44.4 Å². The number of anilines is 1. The molecule has 3 aromatic rings.